The van der Waals surface area contributed by atoms with E-state index in [2.05, 4.69) is 10.5 Å². The molecule has 0 spiro atoms. The van der Waals surface area contributed by atoms with E-state index in [1.165, 1.54) is 6.21 Å². The zero-order chi connectivity index (χ0) is 17.5. The normalized spacial score (nSPS) is 10.7. The molecule has 0 radical (unpaired) electrons. The van der Waals surface area contributed by atoms with Crippen molar-refractivity contribution >= 4 is 12.1 Å². The fraction of sp³-hybridized carbons (Fsp3) is 0.294. The Labute approximate surface area is 140 Å². The van der Waals surface area contributed by atoms with Crippen molar-refractivity contribution in [2.75, 3.05) is 21.3 Å². The van der Waals surface area contributed by atoms with Gasteiger partial charge in [-0.15, -0.1) is 0 Å². The molecule has 2 aromatic rings. The number of nitrogens with one attached hydrogen (secondary N) is 1. The van der Waals surface area contributed by atoms with Gasteiger partial charge in [-0.25, -0.2) is 5.43 Å². The molecule has 1 aromatic carbocycles. The summed E-state index contributed by atoms with van der Waals surface area (Å²) in [6, 6.07) is 7.21. The Bertz CT molecular complexity index is 737. The molecule has 7 nitrogen and oxygen atoms in total. The summed E-state index contributed by atoms with van der Waals surface area (Å²) in [7, 11) is 6.54. The van der Waals surface area contributed by atoms with Crippen molar-refractivity contribution in [2.24, 2.45) is 12.1 Å². The quantitative estimate of drug-likeness (QED) is 0.619. The van der Waals surface area contributed by atoms with E-state index in [-0.39, 0.29) is 12.3 Å². The number of methoxy groups -OCH3 is 3. The Morgan fingerprint density at radius 2 is 1.83 bits per heavy atom. The van der Waals surface area contributed by atoms with E-state index in [1.54, 1.807) is 33.5 Å². The maximum Gasteiger partial charge on any atom is 0.245 e. The summed E-state index contributed by atoms with van der Waals surface area (Å²) in [4.78, 5) is 11.9. The molecule has 2 rings (SSSR count). The van der Waals surface area contributed by atoms with E-state index in [0.29, 0.717) is 22.8 Å². The molecule has 1 amide bonds. The van der Waals surface area contributed by atoms with E-state index >= 15 is 0 Å². The number of hydrazone groups is 1. The number of aromatic nitrogens is 1. The van der Waals surface area contributed by atoms with Gasteiger partial charge in [0.1, 0.15) is 5.75 Å². The molecule has 0 saturated carbocycles. The Hall–Kier alpha value is -2.96. The van der Waals surface area contributed by atoms with Crippen molar-refractivity contribution < 1.29 is 19.0 Å². The molecule has 0 fully saturated rings. The first-order valence-electron chi connectivity index (χ1n) is 7.31. The van der Waals surface area contributed by atoms with E-state index in [1.807, 2.05) is 29.9 Å². The van der Waals surface area contributed by atoms with Crippen LogP contribution in [0.1, 0.15) is 11.3 Å². The van der Waals surface area contributed by atoms with Gasteiger partial charge in [0.25, 0.3) is 0 Å². The van der Waals surface area contributed by atoms with Gasteiger partial charge < -0.3 is 18.8 Å². The molecule has 7 heteroatoms. The number of aryl methyl sites for hydroxylation is 1. The van der Waals surface area contributed by atoms with Crippen LogP contribution in [0.15, 0.2) is 35.6 Å². The fourth-order valence-electron chi connectivity index (χ4n) is 2.21. The number of rotatable bonds is 7. The number of nitrogens with zero attached hydrogens (tertiary/aromatic N) is 2. The maximum absolute atomic E-state index is 11.9. The average molecular weight is 331 g/mol. The summed E-state index contributed by atoms with van der Waals surface area (Å²) in [5.74, 6) is 1.47. The Balaban J connectivity index is 2.08. The summed E-state index contributed by atoms with van der Waals surface area (Å²) in [6.07, 6.45) is 3.65. The van der Waals surface area contributed by atoms with Gasteiger partial charge >= 0.3 is 0 Å². The Kier molecular flexibility index (Phi) is 5.83. The summed E-state index contributed by atoms with van der Waals surface area (Å²) in [5.41, 5.74) is 4.07. The number of benzene rings is 1. The minimum Gasteiger partial charge on any atom is -0.496 e. The molecule has 0 saturated heterocycles. The number of hydrogen-bond donors (Lipinski definition) is 1. The van der Waals surface area contributed by atoms with Gasteiger partial charge in [0.2, 0.25) is 5.91 Å². The average Bonchev–Trinajstić information content (AvgIpc) is 2.99. The molecular weight excluding hydrogens is 310 g/mol. The SMILES string of the molecule is COc1cc(OC)c(OC)cc1/C=N/NC(=O)Cc1cccn1C. The summed E-state index contributed by atoms with van der Waals surface area (Å²) in [6.45, 7) is 0. The number of hydrogen-bond acceptors (Lipinski definition) is 5. The predicted octanol–water partition coefficient (Wildman–Crippen LogP) is 1.74. The molecule has 0 unspecified atom stereocenters. The monoisotopic (exact) mass is 331 g/mol. The molecule has 0 aliphatic rings. The summed E-state index contributed by atoms with van der Waals surface area (Å²) in [5, 5.41) is 3.98. The van der Waals surface area contributed by atoms with E-state index in [9.17, 15) is 4.79 Å². The minimum atomic E-state index is -0.201. The first kappa shape index (κ1) is 17.4. The van der Waals surface area contributed by atoms with Crippen LogP contribution in [-0.4, -0.2) is 38.0 Å². The van der Waals surface area contributed by atoms with E-state index in [4.69, 9.17) is 14.2 Å². The van der Waals surface area contributed by atoms with Gasteiger partial charge in [0.15, 0.2) is 11.5 Å². The third-order valence-corrected chi connectivity index (χ3v) is 3.52. The van der Waals surface area contributed by atoms with Crippen molar-refractivity contribution in [1.82, 2.24) is 9.99 Å². The van der Waals surface area contributed by atoms with E-state index in [0.717, 1.165) is 5.69 Å². The minimum absolute atomic E-state index is 0.201. The van der Waals surface area contributed by atoms with Crippen LogP contribution in [0.3, 0.4) is 0 Å². The van der Waals surface area contributed by atoms with Gasteiger partial charge in [-0.1, -0.05) is 0 Å². The molecule has 128 valence electrons. The largest absolute Gasteiger partial charge is 0.496 e. The van der Waals surface area contributed by atoms with Crippen LogP contribution in [0.4, 0.5) is 0 Å². The van der Waals surface area contributed by atoms with Crippen LogP contribution in [0, 0.1) is 0 Å². The highest BCUT2D eigenvalue weighted by molar-refractivity contribution is 5.86. The zero-order valence-electron chi connectivity index (χ0n) is 14.2. The van der Waals surface area contributed by atoms with Crippen LogP contribution < -0.4 is 19.6 Å². The second-order valence-electron chi connectivity index (χ2n) is 5.03. The van der Waals surface area contributed by atoms with Crippen molar-refractivity contribution in [3.8, 4) is 17.2 Å². The van der Waals surface area contributed by atoms with Crippen LogP contribution >= 0.6 is 0 Å². The lowest BCUT2D eigenvalue weighted by molar-refractivity contribution is -0.120. The van der Waals surface area contributed by atoms with Crippen LogP contribution in [0.5, 0.6) is 17.2 Å². The highest BCUT2D eigenvalue weighted by Crippen LogP contribution is 2.33. The van der Waals surface area contributed by atoms with Gasteiger partial charge in [-0.3, -0.25) is 4.79 Å². The van der Waals surface area contributed by atoms with Gasteiger partial charge in [0, 0.05) is 30.6 Å². The molecule has 1 aromatic heterocycles. The van der Waals surface area contributed by atoms with Gasteiger partial charge in [0.05, 0.1) is 34.0 Å². The fourth-order valence-corrected chi connectivity index (χ4v) is 2.21. The molecule has 0 bridgehead atoms. The van der Waals surface area contributed by atoms with Crippen LogP contribution in [0.25, 0.3) is 0 Å². The van der Waals surface area contributed by atoms with Gasteiger partial charge in [-0.2, -0.15) is 5.10 Å². The molecule has 24 heavy (non-hydrogen) atoms. The van der Waals surface area contributed by atoms with Crippen LogP contribution in [0.2, 0.25) is 0 Å². The highest BCUT2D eigenvalue weighted by Gasteiger charge is 2.10. The lowest BCUT2D eigenvalue weighted by atomic mass is 10.2. The maximum atomic E-state index is 11.9. The second kappa shape index (κ2) is 8.05. The number of ether oxygens (including phenoxy) is 3. The molecule has 0 atom stereocenters. The zero-order valence-corrected chi connectivity index (χ0v) is 14.2. The third kappa shape index (κ3) is 4.07. The Morgan fingerprint density at radius 3 is 2.42 bits per heavy atom. The number of carbonyl (C=O) groups is 1. The van der Waals surface area contributed by atoms with Crippen molar-refractivity contribution in [2.45, 2.75) is 6.42 Å². The topological polar surface area (TPSA) is 74.1 Å². The molecule has 0 aliphatic heterocycles. The lowest BCUT2D eigenvalue weighted by Crippen LogP contribution is -2.20. The third-order valence-electron chi connectivity index (χ3n) is 3.52. The lowest BCUT2D eigenvalue weighted by Gasteiger charge is -2.11. The standard InChI is InChI=1S/C17H21N3O4/c1-20-7-5-6-13(20)9-17(21)19-18-11-12-8-15(23-3)16(24-4)10-14(12)22-2/h5-8,10-11H,9H2,1-4H3,(H,19,21)/b18-11+. The van der Waals surface area contributed by atoms with E-state index < -0.39 is 0 Å². The Morgan fingerprint density at radius 1 is 1.17 bits per heavy atom. The van der Waals surface area contributed by atoms with Gasteiger partial charge in [-0.05, 0) is 18.2 Å². The summed E-state index contributed by atoms with van der Waals surface area (Å²) >= 11 is 0. The molecule has 1 heterocycles. The first-order chi connectivity index (χ1) is 11.6. The molecule has 0 aliphatic carbocycles. The smallest absolute Gasteiger partial charge is 0.245 e. The predicted molar refractivity (Wildman–Crippen MR) is 91.0 cm³/mol. The molecular formula is C17H21N3O4. The number of carbonyl (C=O) groups excluding carboxylic acids is 1. The second-order valence-corrected chi connectivity index (χ2v) is 5.03. The van der Waals surface area contributed by atoms with Crippen LogP contribution in [-0.2, 0) is 18.3 Å². The first-order valence-corrected chi connectivity index (χ1v) is 7.31. The number of amides is 1. The van der Waals surface area contributed by atoms with Crippen molar-refractivity contribution in [1.29, 1.82) is 0 Å². The van der Waals surface area contributed by atoms with Crippen molar-refractivity contribution in [3.05, 3.63) is 41.7 Å². The van der Waals surface area contributed by atoms with Crippen molar-refractivity contribution in [3.63, 3.8) is 0 Å². The highest BCUT2D eigenvalue weighted by atomic mass is 16.5. The summed E-state index contributed by atoms with van der Waals surface area (Å²) < 4.78 is 17.7. The molecule has 1 N–H and O–H groups in total.